The van der Waals surface area contributed by atoms with Gasteiger partial charge in [-0.25, -0.2) is 4.79 Å². The Morgan fingerprint density at radius 3 is 2.32 bits per heavy atom. The molecule has 0 spiro atoms. The van der Waals surface area contributed by atoms with Gasteiger partial charge in [0.15, 0.2) is 0 Å². The Hall–Kier alpha value is -1.97. The quantitative estimate of drug-likeness (QED) is 0.367. The molecule has 1 aliphatic carbocycles. The first-order chi connectivity index (χ1) is 11.7. The molecule has 1 aliphatic rings. The average molecular weight is 358 g/mol. The van der Waals surface area contributed by atoms with E-state index in [1.165, 1.54) is 6.08 Å². The minimum atomic E-state index is -1.37. The molecule has 0 aromatic carbocycles. The van der Waals surface area contributed by atoms with Crippen LogP contribution in [0.3, 0.4) is 0 Å². The molecule has 0 saturated carbocycles. The highest BCUT2D eigenvalue weighted by atomic mass is 16.5. The Balaban J connectivity index is 2.99. The number of rotatable bonds is 10. The van der Waals surface area contributed by atoms with Crippen molar-refractivity contribution in [1.82, 2.24) is 5.32 Å². The predicted molar refractivity (Wildman–Crippen MR) is 88.2 cm³/mol. The fourth-order valence-electron chi connectivity index (χ4n) is 2.79. The van der Waals surface area contributed by atoms with Crippen molar-refractivity contribution in [2.24, 2.45) is 5.73 Å². The highest BCUT2D eigenvalue weighted by Gasteiger charge is 2.37. The number of carbonyl (C=O) groups is 3. The van der Waals surface area contributed by atoms with Gasteiger partial charge in [-0.1, -0.05) is 13.8 Å². The third-order valence-electron chi connectivity index (χ3n) is 4.28. The number of nitrogens with one attached hydrogen (secondary N) is 1. The van der Waals surface area contributed by atoms with Gasteiger partial charge in [0.25, 0.3) is 0 Å². The lowest BCUT2D eigenvalue weighted by Crippen LogP contribution is -2.59. The van der Waals surface area contributed by atoms with Crippen LogP contribution in [0.15, 0.2) is 11.6 Å². The van der Waals surface area contributed by atoms with Crippen molar-refractivity contribution in [2.75, 3.05) is 0 Å². The largest absolute Gasteiger partial charge is 0.481 e. The SMILES string of the molecule is CCC(CC)O[C@@H]1C=C(C(=O)O)C[C@H](NC(CC(=O)O)C(=O)O)[C@H]1N. The van der Waals surface area contributed by atoms with Gasteiger partial charge in [0.1, 0.15) is 6.04 Å². The fraction of sp³-hybridized carbons (Fsp3) is 0.688. The maximum absolute atomic E-state index is 11.4. The number of carboxylic acids is 3. The summed E-state index contributed by atoms with van der Waals surface area (Å²) in [4.78, 5) is 33.5. The summed E-state index contributed by atoms with van der Waals surface area (Å²) in [6.45, 7) is 3.88. The van der Waals surface area contributed by atoms with Gasteiger partial charge in [-0.2, -0.15) is 0 Å². The first-order valence-electron chi connectivity index (χ1n) is 8.25. The van der Waals surface area contributed by atoms with Crippen LogP contribution in [-0.4, -0.2) is 63.6 Å². The lowest BCUT2D eigenvalue weighted by Gasteiger charge is -2.37. The standard InChI is InChI=1S/C16H26N2O7/c1-3-9(4-2)25-12-6-8(15(21)22)5-10(14(12)17)18-11(16(23)24)7-13(19)20/h6,9-12,14,18H,3-5,7,17H2,1-2H3,(H,19,20)(H,21,22)(H,23,24)/t10-,11?,12+,14+/m0/s1. The normalized spacial score (nSPS) is 24.6. The Bertz CT molecular complexity index is 531. The second-order valence-corrected chi connectivity index (χ2v) is 6.08. The summed E-state index contributed by atoms with van der Waals surface area (Å²) >= 11 is 0. The van der Waals surface area contributed by atoms with Crippen LogP contribution >= 0.6 is 0 Å². The van der Waals surface area contributed by atoms with Gasteiger partial charge in [0.05, 0.1) is 24.7 Å². The topological polar surface area (TPSA) is 159 Å². The zero-order valence-corrected chi connectivity index (χ0v) is 14.3. The molecule has 142 valence electrons. The Morgan fingerprint density at radius 1 is 1.28 bits per heavy atom. The molecule has 0 aliphatic heterocycles. The molecule has 0 heterocycles. The summed E-state index contributed by atoms with van der Waals surface area (Å²) in [5.74, 6) is -3.75. The van der Waals surface area contributed by atoms with Crippen LogP contribution < -0.4 is 11.1 Å². The van der Waals surface area contributed by atoms with Gasteiger partial charge < -0.3 is 25.8 Å². The molecule has 0 bridgehead atoms. The molecule has 0 aromatic heterocycles. The summed E-state index contributed by atoms with van der Waals surface area (Å²) in [5, 5.41) is 30.0. The van der Waals surface area contributed by atoms with E-state index >= 15 is 0 Å². The molecule has 0 amide bonds. The van der Waals surface area contributed by atoms with Crippen molar-refractivity contribution in [2.45, 2.75) is 69.9 Å². The van der Waals surface area contributed by atoms with Gasteiger partial charge in [0, 0.05) is 11.6 Å². The third-order valence-corrected chi connectivity index (χ3v) is 4.28. The van der Waals surface area contributed by atoms with Crippen molar-refractivity contribution < 1.29 is 34.4 Å². The van der Waals surface area contributed by atoms with Crippen LogP contribution in [0.2, 0.25) is 0 Å². The predicted octanol–water partition coefficient (Wildman–Crippen LogP) is 0.188. The summed E-state index contributed by atoms with van der Waals surface area (Å²) < 4.78 is 5.87. The Labute approximate surface area is 145 Å². The van der Waals surface area contributed by atoms with Gasteiger partial charge >= 0.3 is 17.9 Å². The third kappa shape index (κ3) is 6.11. The van der Waals surface area contributed by atoms with E-state index in [4.69, 9.17) is 15.6 Å². The first-order valence-corrected chi connectivity index (χ1v) is 8.25. The number of carboxylic acid groups (broad SMARTS) is 3. The van der Waals surface area contributed by atoms with E-state index in [2.05, 4.69) is 5.32 Å². The summed E-state index contributed by atoms with van der Waals surface area (Å²) in [5.41, 5.74) is 6.22. The van der Waals surface area contributed by atoms with Crippen molar-refractivity contribution in [3.8, 4) is 0 Å². The number of hydrogen-bond donors (Lipinski definition) is 5. The lowest BCUT2D eigenvalue weighted by molar-refractivity contribution is -0.146. The zero-order valence-electron chi connectivity index (χ0n) is 14.3. The van der Waals surface area contributed by atoms with Crippen molar-refractivity contribution >= 4 is 17.9 Å². The van der Waals surface area contributed by atoms with E-state index < -0.39 is 48.6 Å². The van der Waals surface area contributed by atoms with E-state index in [1.807, 2.05) is 13.8 Å². The minimum absolute atomic E-state index is 0.0112. The maximum atomic E-state index is 11.4. The van der Waals surface area contributed by atoms with Crippen LogP contribution in [0.1, 0.15) is 39.5 Å². The Kier molecular flexibility index (Phi) is 8.01. The molecule has 0 radical (unpaired) electrons. The van der Waals surface area contributed by atoms with E-state index in [-0.39, 0.29) is 18.1 Å². The summed E-state index contributed by atoms with van der Waals surface area (Å²) in [7, 11) is 0. The van der Waals surface area contributed by atoms with E-state index in [1.54, 1.807) is 0 Å². The van der Waals surface area contributed by atoms with Crippen LogP contribution in [-0.2, 0) is 19.1 Å². The number of ether oxygens (including phenoxy) is 1. The molecule has 0 aromatic rings. The van der Waals surface area contributed by atoms with Crippen molar-refractivity contribution in [1.29, 1.82) is 0 Å². The molecule has 9 nitrogen and oxygen atoms in total. The molecule has 1 unspecified atom stereocenters. The molecule has 4 atom stereocenters. The Morgan fingerprint density at radius 2 is 1.88 bits per heavy atom. The van der Waals surface area contributed by atoms with Crippen LogP contribution in [0.5, 0.6) is 0 Å². The molecule has 0 saturated heterocycles. The first kappa shape index (κ1) is 21.1. The monoisotopic (exact) mass is 358 g/mol. The summed E-state index contributed by atoms with van der Waals surface area (Å²) in [6.07, 6.45) is 1.47. The zero-order chi connectivity index (χ0) is 19.1. The van der Waals surface area contributed by atoms with E-state index in [9.17, 15) is 24.6 Å². The molecular weight excluding hydrogens is 332 g/mol. The van der Waals surface area contributed by atoms with Gasteiger partial charge in [-0.15, -0.1) is 0 Å². The highest BCUT2D eigenvalue weighted by molar-refractivity contribution is 5.87. The molecule has 9 heteroatoms. The number of nitrogens with two attached hydrogens (primary N) is 1. The van der Waals surface area contributed by atoms with Crippen LogP contribution in [0, 0.1) is 0 Å². The van der Waals surface area contributed by atoms with Crippen molar-refractivity contribution in [3.63, 3.8) is 0 Å². The average Bonchev–Trinajstić information content (AvgIpc) is 2.53. The van der Waals surface area contributed by atoms with Crippen LogP contribution in [0.4, 0.5) is 0 Å². The van der Waals surface area contributed by atoms with E-state index in [0.717, 1.165) is 12.8 Å². The molecule has 6 N–H and O–H groups in total. The van der Waals surface area contributed by atoms with Crippen LogP contribution in [0.25, 0.3) is 0 Å². The smallest absolute Gasteiger partial charge is 0.331 e. The number of aliphatic carboxylic acids is 3. The lowest BCUT2D eigenvalue weighted by atomic mass is 9.87. The molecule has 1 rings (SSSR count). The van der Waals surface area contributed by atoms with Gasteiger partial charge in [-0.05, 0) is 25.3 Å². The molecule has 0 fully saturated rings. The van der Waals surface area contributed by atoms with Gasteiger partial charge in [0.2, 0.25) is 0 Å². The maximum Gasteiger partial charge on any atom is 0.331 e. The highest BCUT2D eigenvalue weighted by Crippen LogP contribution is 2.23. The van der Waals surface area contributed by atoms with E-state index in [0.29, 0.717) is 0 Å². The summed E-state index contributed by atoms with van der Waals surface area (Å²) in [6, 6.07) is -2.79. The number of hydrogen-bond acceptors (Lipinski definition) is 6. The van der Waals surface area contributed by atoms with Gasteiger partial charge in [-0.3, -0.25) is 14.9 Å². The fourth-order valence-corrected chi connectivity index (χ4v) is 2.79. The second kappa shape index (κ2) is 9.50. The molecule has 25 heavy (non-hydrogen) atoms. The second-order valence-electron chi connectivity index (χ2n) is 6.08. The van der Waals surface area contributed by atoms with Crippen molar-refractivity contribution in [3.05, 3.63) is 11.6 Å². The molecular formula is C16H26N2O7. The minimum Gasteiger partial charge on any atom is -0.481 e.